The Hall–Kier alpha value is -2.73. The van der Waals surface area contributed by atoms with Crippen LogP contribution in [0.1, 0.15) is 17.5 Å². The van der Waals surface area contributed by atoms with Gasteiger partial charge in [-0.1, -0.05) is 18.2 Å². The Labute approximate surface area is 161 Å². The fourth-order valence-electron chi connectivity index (χ4n) is 2.94. The summed E-state index contributed by atoms with van der Waals surface area (Å²) in [6.07, 6.45) is 0.872. The molecule has 6 heteroatoms. The van der Waals surface area contributed by atoms with Crippen LogP contribution in [0.25, 0.3) is 0 Å². The van der Waals surface area contributed by atoms with Gasteiger partial charge in [-0.05, 0) is 49.8 Å². The number of benzene rings is 2. The summed E-state index contributed by atoms with van der Waals surface area (Å²) < 4.78 is 16.2. The van der Waals surface area contributed by atoms with Crippen molar-refractivity contribution in [3.8, 4) is 17.2 Å². The highest BCUT2D eigenvalue weighted by Crippen LogP contribution is 2.40. The third kappa shape index (κ3) is 5.62. The SMILES string of the molecule is COc1ccc(CCC(=O)Nc2cccc(CN(C)C)c2)c(OC)c1OC. The summed E-state index contributed by atoms with van der Waals surface area (Å²) in [5.74, 6) is 1.68. The molecule has 0 radical (unpaired) electrons. The third-order valence-electron chi connectivity index (χ3n) is 4.12. The van der Waals surface area contributed by atoms with Gasteiger partial charge < -0.3 is 24.4 Å². The van der Waals surface area contributed by atoms with Gasteiger partial charge >= 0.3 is 0 Å². The lowest BCUT2D eigenvalue weighted by atomic mass is 10.1. The van der Waals surface area contributed by atoms with E-state index in [-0.39, 0.29) is 5.91 Å². The number of hydrogen-bond acceptors (Lipinski definition) is 5. The molecule has 0 aromatic heterocycles. The largest absolute Gasteiger partial charge is 0.493 e. The molecule has 2 aromatic carbocycles. The van der Waals surface area contributed by atoms with Crippen molar-refractivity contribution in [1.82, 2.24) is 4.90 Å². The van der Waals surface area contributed by atoms with Gasteiger partial charge in [-0.25, -0.2) is 0 Å². The van der Waals surface area contributed by atoms with Crippen molar-refractivity contribution in [2.24, 2.45) is 0 Å². The lowest BCUT2D eigenvalue weighted by Gasteiger charge is -2.15. The molecular weight excluding hydrogens is 344 g/mol. The second-order valence-corrected chi connectivity index (χ2v) is 6.48. The summed E-state index contributed by atoms with van der Waals surface area (Å²) in [6.45, 7) is 0.826. The molecule has 0 saturated heterocycles. The minimum absolute atomic E-state index is 0.0474. The van der Waals surface area contributed by atoms with Crippen LogP contribution >= 0.6 is 0 Å². The average Bonchev–Trinajstić information content (AvgIpc) is 2.65. The molecule has 0 aliphatic carbocycles. The fourth-order valence-corrected chi connectivity index (χ4v) is 2.94. The molecule has 2 rings (SSSR count). The lowest BCUT2D eigenvalue weighted by molar-refractivity contribution is -0.116. The van der Waals surface area contributed by atoms with Gasteiger partial charge in [-0.15, -0.1) is 0 Å². The van der Waals surface area contributed by atoms with E-state index in [2.05, 4.69) is 10.2 Å². The van der Waals surface area contributed by atoms with E-state index >= 15 is 0 Å². The van der Waals surface area contributed by atoms with E-state index in [1.807, 2.05) is 50.5 Å². The zero-order valence-corrected chi connectivity index (χ0v) is 16.7. The van der Waals surface area contributed by atoms with Gasteiger partial charge in [0.25, 0.3) is 0 Å². The van der Waals surface area contributed by atoms with E-state index in [1.54, 1.807) is 21.3 Å². The summed E-state index contributed by atoms with van der Waals surface area (Å²) in [6, 6.07) is 11.6. The number of rotatable bonds is 9. The molecule has 146 valence electrons. The number of aryl methyl sites for hydroxylation is 1. The van der Waals surface area contributed by atoms with Crippen molar-refractivity contribution < 1.29 is 19.0 Å². The van der Waals surface area contributed by atoms with Gasteiger partial charge in [0.1, 0.15) is 0 Å². The molecule has 2 aromatic rings. The maximum absolute atomic E-state index is 12.4. The molecule has 27 heavy (non-hydrogen) atoms. The number of anilines is 1. The first-order chi connectivity index (χ1) is 13.0. The van der Waals surface area contributed by atoms with Crippen molar-refractivity contribution >= 4 is 11.6 Å². The van der Waals surface area contributed by atoms with Gasteiger partial charge in [0.15, 0.2) is 11.5 Å². The molecule has 0 spiro atoms. The minimum atomic E-state index is -0.0474. The second kappa shape index (κ2) is 9.83. The zero-order valence-electron chi connectivity index (χ0n) is 16.7. The Morgan fingerprint density at radius 1 is 1.00 bits per heavy atom. The molecule has 6 nitrogen and oxygen atoms in total. The summed E-state index contributed by atoms with van der Waals surface area (Å²) in [5, 5.41) is 2.96. The van der Waals surface area contributed by atoms with Crippen molar-refractivity contribution in [1.29, 1.82) is 0 Å². The quantitative estimate of drug-likeness (QED) is 0.731. The normalized spacial score (nSPS) is 10.6. The van der Waals surface area contributed by atoms with Gasteiger partial charge in [0, 0.05) is 18.7 Å². The molecule has 1 amide bonds. The van der Waals surface area contributed by atoms with Crippen LogP contribution in [0, 0.1) is 0 Å². The number of carbonyl (C=O) groups is 1. The van der Waals surface area contributed by atoms with E-state index in [9.17, 15) is 4.79 Å². The molecule has 1 N–H and O–H groups in total. The summed E-state index contributed by atoms with van der Waals surface area (Å²) >= 11 is 0. The smallest absolute Gasteiger partial charge is 0.224 e. The lowest BCUT2D eigenvalue weighted by Crippen LogP contribution is -2.14. The highest BCUT2D eigenvalue weighted by atomic mass is 16.5. The minimum Gasteiger partial charge on any atom is -0.493 e. The molecule has 0 aliphatic heterocycles. The zero-order chi connectivity index (χ0) is 19.8. The molecule has 0 saturated carbocycles. The van der Waals surface area contributed by atoms with Crippen molar-refractivity contribution in [2.45, 2.75) is 19.4 Å². The molecule has 0 fully saturated rings. The molecule has 0 heterocycles. The summed E-state index contributed by atoms with van der Waals surface area (Å²) in [4.78, 5) is 14.5. The Balaban J connectivity index is 2.04. The van der Waals surface area contributed by atoms with E-state index in [0.717, 1.165) is 23.4 Å². The maximum atomic E-state index is 12.4. The van der Waals surface area contributed by atoms with Crippen LogP contribution < -0.4 is 19.5 Å². The first-order valence-corrected chi connectivity index (χ1v) is 8.79. The van der Waals surface area contributed by atoms with Gasteiger partial charge in [-0.2, -0.15) is 0 Å². The predicted octanol–water partition coefficient (Wildman–Crippen LogP) is 3.35. The topological polar surface area (TPSA) is 60.0 Å². The van der Waals surface area contributed by atoms with Crippen LogP contribution in [-0.2, 0) is 17.8 Å². The molecule has 0 bridgehead atoms. The molecular formula is C21H28N2O4. The van der Waals surface area contributed by atoms with Crippen LogP contribution in [-0.4, -0.2) is 46.2 Å². The number of ether oxygens (including phenoxy) is 3. The first-order valence-electron chi connectivity index (χ1n) is 8.79. The number of amides is 1. The number of nitrogens with zero attached hydrogens (tertiary/aromatic N) is 1. The number of nitrogens with one attached hydrogen (secondary N) is 1. The van der Waals surface area contributed by atoms with Gasteiger partial charge in [0.05, 0.1) is 21.3 Å². The highest BCUT2D eigenvalue weighted by Gasteiger charge is 2.16. The molecule has 0 aliphatic rings. The van der Waals surface area contributed by atoms with E-state index in [0.29, 0.717) is 30.1 Å². The Morgan fingerprint density at radius 2 is 1.74 bits per heavy atom. The predicted molar refractivity (Wildman–Crippen MR) is 107 cm³/mol. The number of methoxy groups -OCH3 is 3. The van der Waals surface area contributed by atoms with Crippen LogP contribution in [0.15, 0.2) is 36.4 Å². The second-order valence-electron chi connectivity index (χ2n) is 6.48. The highest BCUT2D eigenvalue weighted by molar-refractivity contribution is 5.91. The van der Waals surface area contributed by atoms with E-state index in [1.165, 1.54) is 0 Å². The Kier molecular flexibility index (Phi) is 7.49. The Morgan fingerprint density at radius 3 is 2.37 bits per heavy atom. The third-order valence-corrected chi connectivity index (χ3v) is 4.12. The van der Waals surface area contributed by atoms with E-state index in [4.69, 9.17) is 14.2 Å². The molecule has 0 atom stereocenters. The maximum Gasteiger partial charge on any atom is 0.224 e. The van der Waals surface area contributed by atoms with Crippen molar-refractivity contribution in [3.63, 3.8) is 0 Å². The molecule has 0 unspecified atom stereocenters. The van der Waals surface area contributed by atoms with Crippen LogP contribution in [0.3, 0.4) is 0 Å². The van der Waals surface area contributed by atoms with Crippen LogP contribution in [0.5, 0.6) is 17.2 Å². The monoisotopic (exact) mass is 372 g/mol. The van der Waals surface area contributed by atoms with Crippen molar-refractivity contribution in [3.05, 3.63) is 47.5 Å². The van der Waals surface area contributed by atoms with Gasteiger partial charge in [-0.3, -0.25) is 4.79 Å². The number of hydrogen-bond donors (Lipinski definition) is 1. The summed E-state index contributed by atoms with van der Waals surface area (Å²) in [5.41, 5.74) is 2.85. The average molecular weight is 372 g/mol. The van der Waals surface area contributed by atoms with Crippen LogP contribution in [0.4, 0.5) is 5.69 Å². The summed E-state index contributed by atoms with van der Waals surface area (Å²) in [7, 11) is 8.76. The number of carbonyl (C=O) groups excluding carboxylic acids is 1. The van der Waals surface area contributed by atoms with Crippen molar-refractivity contribution in [2.75, 3.05) is 40.7 Å². The van der Waals surface area contributed by atoms with E-state index < -0.39 is 0 Å². The fraction of sp³-hybridized carbons (Fsp3) is 0.381. The van der Waals surface area contributed by atoms with Gasteiger partial charge in [0.2, 0.25) is 11.7 Å². The standard InChI is InChI=1S/C21H28N2O4/c1-23(2)14-15-7-6-8-17(13-15)22-19(24)12-10-16-9-11-18(25-3)21(27-5)20(16)26-4/h6-9,11,13H,10,12,14H2,1-5H3,(H,22,24). The Bertz CT molecular complexity index is 775. The van der Waals surface area contributed by atoms with Crippen LogP contribution in [0.2, 0.25) is 0 Å². The first kappa shape index (κ1) is 20.6.